The molecule has 0 saturated carbocycles. The molecule has 1 saturated heterocycles. The Hall–Kier alpha value is -1.82. The van der Waals surface area contributed by atoms with E-state index in [1.165, 1.54) is 36.0 Å². The molecule has 4 rings (SSSR count). The molecule has 120 valence electrons. The zero-order chi connectivity index (χ0) is 15.6. The van der Waals surface area contributed by atoms with E-state index in [1.54, 1.807) is 16.7 Å². The van der Waals surface area contributed by atoms with E-state index >= 15 is 0 Å². The summed E-state index contributed by atoms with van der Waals surface area (Å²) in [6, 6.07) is 6.74. The minimum absolute atomic E-state index is 0.176. The van der Waals surface area contributed by atoms with Crippen LogP contribution < -0.4 is 0 Å². The topological polar surface area (TPSA) is 59.2 Å². The van der Waals surface area contributed by atoms with Crippen molar-refractivity contribution in [1.29, 1.82) is 0 Å². The maximum Gasteiger partial charge on any atom is 0.276 e. The van der Waals surface area contributed by atoms with Crippen LogP contribution in [-0.2, 0) is 29.9 Å². The van der Waals surface area contributed by atoms with Gasteiger partial charge in [0.2, 0.25) is 11.8 Å². The van der Waals surface area contributed by atoms with Gasteiger partial charge in [0, 0.05) is 18.7 Å². The van der Waals surface area contributed by atoms with Crippen LogP contribution in [0.1, 0.15) is 41.8 Å². The van der Waals surface area contributed by atoms with Crippen LogP contribution in [0.5, 0.6) is 0 Å². The third kappa shape index (κ3) is 3.27. The Morgan fingerprint density at radius 1 is 1.13 bits per heavy atom. The maximum absolute atomic E-state index is 11.6. The fourth-order valence-electron chi connectivity index (χ4n) is 3.25. The molecule has 1 aliphatic carbocycles. The molecule has 0 bridgehead atoms. The number of hydrogen-bond acceptors (Lipinski definition) is 5. The normalized spacial score (nSPS) is 17.0. The van der Waals surface area contributed by atoms with Crippen LogP contribution in [0.2, 0.25) is 0 Å². The number of likely N-dealkylation sites (tertiary alicyclic amines) is 1. The van der Waals surface area contributed by atoms with Crippen LogP contribution in [-0.4, -0.2) is 27.5 Å². The van der Waals surface area contributed by atoms with Crippen molar-refractivity contribution < 1.29 is 9.21 Å². The predicted molar refractivity (Wildman–Crippen MR) is 87.0 cm³/mol. The van der Waals surface area contributed by atoms with E-state index in [-0.39, 0.29) is 5.91 Å². The third-order valence-electron chi connectivity index (χ3n) is 4.47. The predicted octanol–water partition coefficient (Wildman–Crippen LogP) is 2.97. The Kier molecular flexibility index (Phi) is 4.08. The Labute approximate surface area is 139 Å². The second kappa shape index (κ2) is 6.35. The van der Waals surface area contributed by atoms with E-state index in [1.807, 2.05) is 0 Å². The van der Waals surface area contributed by atoms with Crippen molar-refractivity contribution in [3.05, 3.63) is 40.8 Å². The van der Waals surface area contributed by atoms with E-state index < -0.39 is 0 Å². The number of aromatic nitrogens is 2. The van der Waals surface area contributed by atoms with Gasteiger partial charge in [0.05, 0.1) is 6.54 Å². The number of nitrogens with zero attached hydrogens (tertiary/aromatic N) is 3. The summed E-state index contributed by atoms with van der Waals surface area (Å²) < 4.78 is 5.66. The van der Waals surface area contributed by atoms with Gasteiger partial charge in [-0.2, -0.15) is 0 Å². The number of amides is 1. The van der Waals surface area contributed by atoms with Crippen molar-refractivity contribution in [2.75, 3.05) is 6.54 Å². The summed E-state index contributed by atoms with van der Waals surface area (Å²) in [4.78, 5) is 13.4. The summed E-state index contributed by atoms with van der Waals surface area (Å²) in [5, 5.41) is 8.71. The van der Waals surface area contributed by atoms with Crippen LogP contribution in [0.4, 0.5) is 0 Å². The lowest BCUT2D eigenvalue weighted by Gasteiger charge is -2.11. The number of fused-ring (bicyclic) bond motifs is 1. The van der Waals surface area contributed by atoms with Gasteiger partial charge in [0.25, 0.3) is 5.22 Å². The molecule has 0 unspecified atom stereocenters. The number of hydrogen-bond donors (Lipinski definition) is 0. The average Bonchev–Trinajstić information content (AvgIpc) is 3.27. The molecule has 1 fully saturated rings. The lowest BCUT2D eigenvalue weighted by Crippen LogP contribution is -2.23. The molecule has 2 aliphatic rings. The van der Waals surface area contributed by atoms with Crippen LogP contribution in [0.25, 0.3) is 0 Å². The van der Waals surface area contributed by atoms with E-state index in [0.717, 1.165) is 18.7 Å². The van der Waals surface area contributed by atoms with Crippen LogP contribution in [0.3, 0.4) is 0 Å². The first kappa shape index (κ1) is 14.8. The van der Waals surface area contributed by atoms with Crippen molar-refractivity contribution >= 4 is 17.7 Å². The van der Waals surface area contributed by atoms with Gasteiger partial charge in [0.15, 0.2) is 0 Å². The molecule has 0 atom stereocenters. The minimum Gasteiger partial charge on any atom is -0.414 e. The molecule has 1 aliphatic heterocycles. The monoisotopic (exact) mass is 329 g/mol. The minimum atomic E-state index is 0.176. The van der Waals surface area contributed by atoms with Crippen LogP contribution in [0, 0.1) is 0 Å². The van der Waals surface area contributed by atoms with E-state index in [0.29, 0.717) is 24.1 Å². The second-order valence-electron chi connectivity index (χ2n) is 6.13. The van der Waals surface area contributed by atoms with Gasteiger partial charge in [-0.3, -0.25) is 4.79 Å². The summed E-state index contributed by atoms with van der Waals surface area (Å²) in [6.07, 6.45) is 5.24. The number of carbonyl (C=O) groups excluding carboxylic acids is 1. The fourth-order valence-corrected chi connectivity index (χ4v) is 3.98. The molecule has 0 spiro atoms. The SMILES string of the molecule is O=C1CCCN1Cc1nnc(SCc2ccc3c(c2)CCC3)o1. The second-order valence-corrected chi connectivity index (χ2v) is 7.05. The lowest BCUT2D eigenvalue weighted by atomic mass is 10.1. The van der Waals surface area contributed by atoms with Gasteiger partial charge in [-0.15, -0.1) is 10.2 Å². The van der Waals surface area contributed by atoms with Gasteiger partial charge in [-0.05, 0) is 42.4 Å². The lowest BCUT2D eigenvalue weighted by molar-refractivity contribution is -0.128. The zero-order valence-corrected chi connectivity index (χ0v) is 13.8. The highest BCUT2D eigenvalue weighted by molar-refractivity contribution is 7.98. The summed E-state index contributed by atoms with van der Waals surface area (Å²) in [7, 11) is 0. The summed E-state index contributed by atoms with van der Waals surface area (Å²) in [5.41, 5.74) is 4.28. The largest absolute Gasteiger partial charge is 0.414 e. The zero-order valence-electron chi connectivity index (χ0n) is 13.0. The van der Waals surface area contributed by atoms with Crippen molar-refractivity contribution in [3.8, 4) is 0 Å². The molecule has 23 heavy (non-hydrogen) atoms. The van der Waals surface area contributed by atoms with Gasteiger partial charge in [-0.1, -0.05) is 30.0 Å². The Morgan fingerprint density at radius 3 is 2.91 bits per heavy atom. The first-order chi connectivity index (χ1) is 11.3. The molecule has 0 N–H and O–H groups in total. The smallest absolute Gasteiger partial charge is 0.276 e. The van der Waals surface area contributed by atoms with Crippen molar-refractivity contribution in [2.24, 2.45) is 0 Å². The Bertz CT molecular complexity index is 728. The summed E-state index contributed by atoms with van der Waals surface area (Å²) in [6.45, 7) is 1.23. The van der Waals surface area contributed by atoms with Crippen molar-refractivity contribution in [3.63, 3.8) is 0 Å². The van der Waals surface area contributed by atoms with Crippen molar-refractivity contribution in [2.45, 2.75) is 49.6 Å². The summed E-state index contributed by atoms with van der Waals surface area (Å²) in [5.74, 6) is 1.53. The first-order valence-corrected chi connectivity index (χ1v) is 9.10. The maximum atomic E-state index is 11.6. The standard InChI is InChI=1S/C17H19N3O2S/c21-16-5-2-8-20(16)10-15-18-19-17(22-15)23-11-12-6-7-13-3-1-4-14(13)9-12/h6-7,9H,1-5,8,10-11H2. The fraction of sp³-hybridized carbons (Fsp3) is 0.471. The van der Waals surface area contributed by atoms with E-state index in [4.69, 9.17) is 4.42 Å². The Balaban J connectivity index is 1.35. The molecule has 1 amide bonds. The number of benzene rings is 1. The molecule has 1 aromatic heterocycles. The molecule has 6 heteroatoms. The number of aryl methyl sites for hydroxylation is 2. The van der Waals surface area contributed by atoms with E-state index in [9.17, 15) is 4.79 Å². The van der Waals surface area contributed by atoms with Gasteiger partial charge in [-0.25, -0.2) is 0 Å². The number of rotatable bonds is 5. The molecular weight excluding hydrogens is 310 g/mol. The number of thioether (sulfide) groups is 1. The highest BCUT2D eigenvalue weighted by Gasteiger charge is 2.22. The Morgan fingerprint density at radius 2 is 2.04 bits per heavy atom. The average molecular weight is 329 g/mol. The molecule has 2 heterocycles. The molecular formula is C17H19N3O2S. The molecule has 2 aromatic rings. The first-order valence-electron chi connectivity index (χ1n) is 8.11. The highest BCUT2D eigenvalue weighted by Crippen LogP contribution is 2.27. The van der Waals surface area contributed by atoms with E-state index in [2.05, 4.69) is 28.4 Å². The molecule has 0 radical (unpaired) electrons. The molecule has 1 aromatic carbocycles. The third-order valence-corrected chi connectivity index (χ3v) is 5.36. The summed E-state index contributed by atoms with van der Waals surface area (Å²) >= 11 is 1.55. The highest BCUT2D eigenvalue weighted by atomic mass is 32.2. The van der Waals surface area contributed by atoms with Gasteiger partial charge < -0.3 is 9.32 Å². The van der Waals surface area contributed by atoms with Crippen LogP contribution >= 0.6 is 11.8 Å². The van der Waals surface area contributed by atoms with Gasteiger partial charge in [0.1, 0.15) is 0 Å². The van der Waals surface area contributed by atoms with Crippen molar-refractivity contribution in [1.82, 2.24) is 15.1 Å². The number of carbonyl (C=O) groups is 1. The quantitative estimate of drug-likeness (QED) is 0.789. The van der Waals surface area contributed by atoms with Crippen LogP contribution in [0.15, 0.2) is 27.8 Å². The molecule has 5 nitrogen and oxygen atoms in total. The van der Waals surface area contributed by atoms with Gasteiger partial charge >= 0.3 is 0 Å².